The molecule has 0 spiro atoms. The molecule has 0 aromatic carbocycles. The van der Waals surface area contributed by atoms with E-state index in [2.05, 4.69) is 20.3 Å². The molecule has 2 aliphatic heterocycles. The lowest BCUT2D eigenvalue weighted by molar-refractivity contribution is -0.135. The van der Waals surface area contributed by atoms with Crippen LogP contribution in [-0.4, -0.2) is 51.2 Å². The van der Waals surface area contributed by atoms with Crippen LogP contribution in [0.3, 0.4) is 0 Å². The Labute approximate surface area is 125 Å². The molecule has 2 fully saturated rings. The Morgan fingerprint density at radius 1 is 1.33 bits per heavy atom. The summed E-state index contributed by atoms with van der Waals surface area (Å²) in [6.45, 7) is 7.53. The fourth-order valence-electron chi connectivity index (χ4n) is 3.51. The third-order valence-electron chi connectivity index (χ3n) is 4.58. The second kappa shape index (κ2) is 6.13. The maximum atomic E-state index is 12.5. The van der Waals surface area contributed by atoms with Gasteiger partial charge in [0.2, 0.25) is 5.91 Å². The van der Waals surface area contributed by atoms with Crippen molar-refractivity contribution in [3.8, 4) is 0 Å². The molecule has 0 aliphatic carbocycles. The summed E-state index contributed by atoms with van der Waals surface area (Å²) in [5, 5.41) is 7.75. The van der Waals surface area contributed by atoms with Gasteiger partial charge >= 0.3 is 0 Å². The molecule has 2 atom stereocenters. The van der Waals surface area contributed by atoms with Crippen LogP contribution >= 0.6 is 0 Å². The summed E-state index contributed by atoms with van der Waals surface area (Å²) in [6.07, 6.45) is 4.36. The first kappa shape index (κ1) is 14.5. The van der Waals surface area contributed by atoms with Crippen molar-refractivity contribution in [2.75, 3.05) is 19.6 Å². The Morgan fingerprint density at radius 3 is 2.86 bits per heavy atom. The lowest BCUT2D eigenvalue weighted by Crippen LogP contribution is -2.48. The standard InChI is InChI=1S/C15H25N5O/c1-11-17-12(2)20(18-11)10-13-5-4-8-19(9-13)15(21)14-6-3-7-16-14/h13-14,16H,3-10H2,1-2H3. The molecular formula is C15H25N5O. The molecule has 0 radical (unpaired) electrons. The van der Waals surface area contributed by atoms with Gasteiger partial charge < -0.3 is 10.2 Å². The van der Waals surface area contributed by atoms with Crippen LogP contribution < -0.4 is 5.32 Å². The van der Waals surface area contributed by atoms with Gasteiger partial charge in [-0.1, -0.05) is 0 Å². The highest BCUT2D eigenvalue weighted by Gasteiger charge is 2.30. The number of hydrogen-bond donors (Lipinski definition) is 1. The number of carbonyl (C=O) groups is 1. The van der Waals surface area contributed by atoms with Gasteiger partial charge in [-0.15, -0.1) is 0 Å². The number of amides is 1. The highest BCUT2D eigenvalue weighted by atomic mass is 16.2. The molecule has 21 heavy (non-hydrogen) atoms. The van der Waals surface area contributed by atoms with Gasteiger partial charge in [-0.25, -0.2) is 9.67 Å². The van der Waals surface area contributed by atoms with E-state index >= 15 is 0 Å². The van der Waals surface area contributed by atoms with Crippen LogP contribution in [0.1, 0.15) is 37.3 Å². The maximum Gasteiger partial charge on any atom is 0.239 e. The fourth-order valence-corrected chi connectivity index (χ4v) is 3.51. The predicted molar refractivity (Wildman–Crippen MR) is 79.8 cm³/mol. The summed E-state index contributed by atoms with van der Waals surface area (Å²) in [5.74, 6) is 2.58. The van der Waals surface area contributed by atoms with Gasteiger partial charge in [0.25, 0.3) is 0 Å². The number of aromatic nitrogens is 3. The van der Waals surface area contributed by atoms with Crippen molar-refractivity contribution in [1.82, 2.24) is 25.0 Å². The van der Waals surface area contributed by atoms with Gasteiger partial charge in [0.05, 0.1) is 6.04 Å². The Morgan fingerprint density at radius 2 is 2.19 bits per heavy atom. The van der Waals surface area contributed by atoms with E-state index in [1.807, 2.05) is 18.5 Å². The van der Waals surface area contributed by atoms with Crippen molar-refractivity contribution in [1.29, 1.82) is 0 Å². The highest BCUT2D eigenvalue weighted by molar-refractivity contribution is 5.82. The number of nitrogens with one attached hydrogen (secondary N) is 1. The summed E-state index contributed by atoms with van der Waals surface area (Å²) in [6, 6.07) is 0.0547. The maximum absolute atomic E-state index is 12.5. The number of rotatable bonds is 3. The number of carbonyl (C=O) groups excluding carboxylic acids is 1. The van der Waals surface area contributed by atoms with Crippen molar-refractivity contribution < 1.29 is 4.79 Å². The molecule has 6 nitrogen and oxygen atoms in total. The molecule has 2 unspecified atom stereocenters. The first-order valence-electron chi connectivity index (χ1n) is 8.03. The molecule has 1 aromatic heterocycles. The number of likely N-dealkylation sites (tertiary alicyclic amines) is 1. The Hall–Kier alpha value is -1.43. The molecule has 3 heterocycles. The number of piperidine rings is 1. The molecular weight excluding hydrogens is 266 g/mol. The van der Waals surface area contributed by atoms with E-state index in [1.54, 1.807) is 0 Å². The number of hydrogen-bond acceptors (Lipinski definition) is 4. The summed E-state index contributed by atoms with van der Waals surface area (Å²) in [4.78, 5) is 18.9. The quantitative estimate of drug-likeness (QED) is 0.898. The first-order valence-corrected chi connectivity index (χ1v) is 8.03. The highest BCUT2D eigenvalue weighted by Crippen LogP contribution is 2.20. The van der Waals surface area contributed by atoms with Gasteiger partial charge in [0, 0.05) is 19.6 Å². The first-order chi connectivity index (χ1) is 10.1. The number of aryl methyl sites for hydroxylation is 2. The SMILES string of the molecule is Cc1nc(C)n(CC2CCCN(C(=O)C3CCCN3)C2)n1. The summed E-state index contributed by atoms with van der Waals surface area (Å²) >= 11 is 0. The van der Waals surface area contributed by atoms with Gasteiger partial charge in [0.15, 0.2) is 0 Å². The van der Waals surface area contributed by atoms with Crippen LogP contribution in [0.5, 0.6) is 0 Å². The molecule has 116 valence electrons. The lowest BCUT2D eigenvalue weighted by Gasteiger charge is -2.34. The Balaban J connectivity index is 1.60. The molecule has 1 N–H and O–H groups in total. The van der Waals surface area contributed by atoms with E-state index in [-0.39, 0.29) is 6.04 Å². The minimum Gasteiger partial charge on any atom is -0.341 e. The molecule has 1 aromatic rings. The molecule has 0 bridgehead atoms. The molecule has 0 saturated carbocycles. The largest absolute Gasteiger partial charge is 0.341 e. The molecule has 3 rings (SSSR count). The summed E-state index contributed by atoms with van der Waals surface area (Å²) in [7, 11) is 0. The zero-order valence-corrected chi connectivity index (χ0v) is 13.0. The molecule has 2 aliphatic rings. The Kier molecular flexibility index (Phi) is 4.24. The fraction of sp³-hybridized carbons (Fsp3) is 0.800. The minimum absolute atomic E-state index is 0.0547. The number of nitrogens with zero attached hydrogens (tertiary/aromatic N) is 4. The van der Waals surface area contributed by atoms with Crippen LogP contribution in [-0.2, 0) is 11.3 Å². The van der Waals surface area contributed by atoms with Crippen LogP contribution in [0.25, 0.3) is 0 Å². The van der Waals surface area contributed by atoms with Gasteiger partial charge in [-0.05, 0) is 52.0 Å². The van der Waals surface area contributed by atoms with E-state index in [0.717, 1.165) is 57.1 Å². The monoisotopic (exact) mass is 291 g/mol. The van der Waals surface area contributed by atoms with Crippen LogP contribution in [0, 0.1) is 19.8 Å². The van der Waals surface area contributed by atoms with Crippen molar-refractivity contribution in [3.05, 3.63) is 11.6 Å². The molecule has 6 heteroatoms. The van der Waals surface area contributed by atoms with E-state index in [9.17, 15) is 4.79 Å². The Bertz CT molecular complexity index is 506. The van der Waals surface area contributed by atoms with E-state index < -0.39 is 0 Å². The molecule has 1 amide bonds. The lowest BCUT2D eigenvalue weighted by atomic mass is 9.97. The summed E-state index contributed by atoms with van der Waals surface area (Å²) < 4.78 is 1.99. The van der Waals surface area contributed by atoms with Crippen molar-refractivity contribution in [2.45, 2.75) is 52.1 Å². The normalized spacial score (nSPS) is 26.3. The zero-order valence-electron chi connectivity index (χ0n) is 13.0. The van der Waals surface area contributed by atoms with Crippen LogP contribution in [0.2, 0.25) is 0 Å². The molecule has 2 saturated heterocycles. The smallest absolute Gasteiger partial charge is 0.239 e. The van der Waals surface area contributed by atoms with Gasteiger partial charge in [-0.2, -0.15) is 5.10 Å². The average molecular weight is 291 g/mol. The minimum atomic E-state index is 0.0547. The third kappa shape index (κ3) is 3.26. The van der Waals surface area contributed by atoms with E-state index in [4.69, 9.17) is 0 Å². The topological polar surface area (TPSA) is 63.1 Å². The average Bonchev–Trinajstić information content (AvgIpc) is 3.09. The van der Waals surface area contributed by atoms with E-state index in [1.165, 1.54) is 6.42 Å². The van der Waals surface area contributed by atoms with Crippen molar-refractivity contribution in [3.63, 3.8) is 0 Å². The van der Waals surface area contributed by atoms with Crippen LogP contribution in [0.4, 0.5) is 0 Å². The zero-order chi connectivity index (χ0) is 14.8. The van der Waals surface area contributed by atoms with E-state index in [0.29, 0.717) is 11.8 Å². The van der Waals surface area contributed by atoms with Crippen LogP contribution in [0.15, 0.2) is 0 Å². The third-order valence-corrected chi connectivity index (χ3v) is 4.58. The summed E-state index contributed by atoms with van der Waals surface area (Å²) in [5.41, 5.74) is 0. The van der Waals surface area contributed by atoms with Crippen molar-refractivity contribution >= 4 is 5.91 Å². The second-order valence-electron chi connectivity index (χ2n) is 6.33. The second-order valence-corrected chi connectivity index (χ2v) is 6.33. The predicted octanol–water partition coefficient (Wildman–Crippen LogP) is 0.886. The van der Waals surface area contributed by atoms with Gasteiger partial charge in [0.1, 0.15) is 11.6 Å². The van der Waals surface area contributed by atoms with Gasteiger partial charge in [-0.3, -0.25) is 4.79 Å². The van der Waals surface area contributed by atoms with Crippen molar-refractivity contribution in [2.24, 2.45) is 5.92 Å².